The Morgan fingerprint density at radius 2 is 1.00 bits per heavy atom. The van der Waals surface area contributed by atoms with Crippen LogP contribution in [-0.4, -0.2) is 133 Å². The SMILES string of the molecule is O=S(=O)([O-])CCNc1nc(Nc2cccc(Nc3nc(NCCS(=O)(=O)[O-])nc(N4CCOCC4)n3)c2)nc(N2CCOCC2)n1.[Li+].[Li+]. The average molecular weight is 695 g/mol. The van der Waals surface area contributed by atoms with Crippen LogP contribution >= 0.6 is 0 Å². The summed E-state index contributed by atoms with van der Waals surface area (Å²) in [5, 5.41) is 11.8. The number of nitrogens with zero attached hydrogens (tertiary/aromatic N) is 8. The predicted molar refractivity (Wildman–Crippen MR) is 165 cm³/mol. The molecule has 0 amide bonds. The van der Waals surface area contributed by atoms with Crippen molar-refractivity contribution in [2.24, 2.45) is 0 Å². The standard InChI is InChI=1S/C24H34N12O8S2.2Li/c37-45(38,39)14-4-25-19-29-21(33-23(31-19)35-6-10-43-11-7-35)27-17-2-1-3-18(16-17)28-22-30-20(26-5-15-46(40,41)42)32-24(34-22)36-8-12-44-13-9-36;;/h1-3,16H,4-15H2,(H,37,38,39)(H,40,41,42)(H2,25,27,29,31,33)(H2,26,28,30,32,34);;/q;2*+1/p-2. The molecule has 2 aromatic heterocycles. The third-order valence-electron chi connectivity index (χ3n) is 6.48. The zero-order chi connectivity index (χ0) is 32.6. The third-order valence-corrected chi connectivity index (χ3v) is 7.89. The zero-order valence-electron chi connectivity index (χ0n) is 26.5. The van der Waals surface area contributed by atoms with E-state index in [-0.39, 0.29) is 74.6 Å². The molecular formula is C24H32Li2N12O8S2. The summed E-state index contributed by atoms with van der Waals surface area (Å²) in [5.74, 6) is -0.0965. The molecule has 3 aromatic rings. The number of morpholine rings is 2. The Hall–Kier alpha value is -3.03. The van der Waals surface area contributed by atoms with E-state index in [9.17, 15) is 25.9 Å². The number of aromatic nitrogens is 6. The predicted octanol–water partition coefficient (Wildman–Crippen LogP) is -6.86. The fraction of sp³-hybridized carbons (Fsp3) is 0.500. The van der Waals surface area contributed by atoms with Crippen LogP contribution in [0.15, 0.2) is 24.3 Å². The van der Waals surface area contributed by atoms with E-state index in [1.807, 2.05) is 9.80 Å². The first-order valence-electron chi connectivity index (χ1n) is 14.2. The first-order valence-corrected chi connectivity index (χ1v) is 17.3. The summed E-state index contributed by atoms with van der Waals surface area (Å²) >= 11 is 0. The summed E-state index contributed by atoms with van der Waals surface area (Å²) < 4.78 is 77.2. The van der Waals surface area contributed by atoms with Gasteiger partial charge in [-0.15, -0.1) is 0 Å². The van der Waals surface area contributed by atoms with Crippen molar-refractivity contribution in [1.29, 1.82) is 0 Å². The summed E-state index contributed by atoms with van der Waals surface area (Å²) in [4.78, 5) is 30.3. The Bertz CT molecular complexity index is 1600. The minimum Gasteiger partial charge on any atom is -0.748 e. The third kappa shape index (κ3) is 12.8. The molecule has 2 aliphatic heterocycles. The second kappa shape index (κ2) is 18.1. The van der Waals surface area contributed by atoms with Crippen molar-refractivity contribution in [3.8, 4) is 0 Å². The van der Waals surface area contributed by atoms with E-state index in [1.54, 1.807) is 24.3 Å². The molecule has 2 fully saturated rings. The van der Waals surface area contributed by atoms with E-state index in [2.05, 4.69) is 51.2 Å². The van der Waals surface area contributed by atoms with E-state index in [0.717, 1.165) is 0 Å². The first kappa shape index (κ1) is 39.4. The molecule has 4 heterocycles. The Labute approximate surface area is 301 Å². The molecule has 5 rings (SSSR count). The number of hydrogen-bond donors (Lipinski definition) is 4. The van der Waals surface area contributed by atoms with Crippen LogP contribution in [0.25, 0.3) is 0 Å². The van der Waals surface area contributed by atoms with Gasteiger partial charge < -0.3 is 49.6 Å². The quantitative estimate of drug-likeness (QED) is 0.0902. The van der Waals surface area contributed by atoms with E-state index >= 15 is 0 Å². The van der Waals surface area contributed by atoms with Gasteiger partial charge in [0, 0.05) is 50.6 Å². The molecule has 250 valence electrons. The van der Waals surface area contributed by atoms with Gasteiger partial charge in [0.05, 0.1) is 58.2 Å². The van der Waals surface area contributed by atoms with Crippen LogP contribution in [0, 0.1) is 0 Å². The van der Waals surface area contributed by atoms with Crippen LogP contribution in [0.4, 0.5) is 47.1 Å². The fourth-order valence-corrected chi connectivity index (χ4v) is 5.02. The Balaban J connectivity index is 0.00000312. The summed E-state index contributed by atoms with van der Waals surface area (Å²) in [5.41, 5.74) is 1.14. The van der Waals surface area contributed by atoms with Crippen molar-refractivity contribution < 1.29 is 73.1 Å². The van der Waals surface area contributed by atoms with E-state index in [0.29, 0.717) is 75.9 Å². The molecule has 4 N–H and O–H groups in total. The fourth-order valence-electron chi connectivity index (χ4n) is 4.32. The maximum Gasteiger partial charge on any atom is 1.00 e. The molecular weight excluding hydrogens is 662 g/mol. The number of nitrogens with one attached hydrogen (secondary N) is 4. The van der Waals surface area contributed by atoms with Crippen molar-refractivity contribution in [2.45, 2.75) is 0 Å². The molecule has 20 nitrogen and oxygen atoms in total. The van der Waals surface area contributed by atoms with E-state index in [1.165, 1.54) is 0 Å². The van der Waals surface area contributed by atoms with Crippen LogP contribution in [0.2, 0.25) is 0 Å². The molecule has 48 heavy (non-hydrogen) atoms. The van der Waals surface area contributed by atoms with Gasteiger partial charge in [0.15, 0.2) is 0 Å². The molecule has 0 saturated carbocycles. The van der Waals surface area contributed by atoms with Crippen LogP contribution in [-0.2, 0) is 29.7 Å². The minimum absolute atomic E-state index is 0. The van der Waals surface area contributed by atoms with Crippen molar-refractivity contribution in [3.05, 3.63) is 24.3 Å². The molecule has 0 atom stereocenters. The van der Waals surface area contributed by atoms with Gasteiger partial charge in [-0.1, -0.05) is 6.07 Å². The van der Waals surface area contributed by atoms with Crippen LogP contribution in [0.3, 0.4) is 0 Å². The minimum atomic E-state index is -4.43. The number of benzene rings is 1. The average Bonchev–Trinajstić information content (AvgIpc) is 3.01. The van der Waals surface area contributed by atoms with Crippen molar-refractivity contribution in [2.75, 3.05) is 108 Å². The summed E-state index contributed by atoms with van der Waals surface area (Å²) in [6, 6.07) is 7.03. The molecule has 1 aromatic carbocycles. The van der Waals surface area contributed by atoms with Crippen LogP contribution < -0.4 is 68.8 Å². The van der Waals surface area contributed by atoms with Crippen molar-refractivity contribution >= 4 is 67.3 Å². The molecule has 0 unspecified atom stereocenters. The topological polar surface area (TPSA) is 265 Å². The van der Waals surface area contributed by atoms with Crippen LogP contribution in [0.1, 0.15) is 0 Å². The van der Waals surface area contributed by atoms with Gasteiger partial charge >= 0.3 is 37.7 Å². The Morgan fingerprint density at radius 1 is 0.625 bits per heavy atom. The van der Waals surface area contributed by atoms with Gasteiger partial charge in [0.2, 0.25) is 35.7 Å². The largest absolute Gasteiger partial charge is 1.00 e. The summed E-state index contributed by atoms with van der Waals surface area (Å²) in [6.07, 6.45) is 0. The van der Waals surface area contributed by atoms with Crippen molar-refractivity contribution in [3.63, 3.8) is 0 Å². The van der Waals surface area contributed by atoms with Crippen molar-refractivity contribution in [1.82, 2.24) is 29.9 Å². The van der Waals surface area contributed by atoms with Gasteiger partial charge in [-0.05, 0) is 18.2 Å². The summed E-state index contributed by atoms with van der Waals surface area (Å²) in [7, 11) is -8.87. The van der Waals surface area contributed by atoms with Gasteiger partial charge in [0.1, 0.15) is 0 Å². The van der Waals surface area contributed by atoms with Gasteiger partial charge in [-0.25, -0.2) is 16.8 Å². The van der Waals surface area contributed by atoms with Gasteiger partial charge in [-0.2, -0.15) is 29.9 Å². The number of rotatable bonds is 14. The molecule has 0 bridgehead atoms. The van der Waals surface area contributed by atoms with Gasteiger partial charge in [0.25, 0.3) is 0 Å². The monoisotopic (exact) mass is 694 g/mol. The van der Waals surface area contributed by atoms with Gasteiger partial charge in [-0.3, -0.25) is 0 Å². The Morgan fingerprint density at radius 3 is 1.38 bits per heavy atom. The first-order chi connectivity index (χ1) is 22.0. The number of hydrogen-bond acceptors (Lipinski definition) is 20. The second-order valence-corrected chi connectivity index (χ2v) is 13.0. The zero-order valence-corrected chi connectivity index (χ0v) is 28.1. The summed E-state index contributed by atoms with van der Waals surface area (Å²) in [6.45, 7) is 3.74. The maximum atomic E-state index is 11.1. The normalized spacial score (nSPS) is 15.1. The van der Waals surface area contributed by atoms with E-state index in [4.69, 9.17) is 9.47 Å². The molecule has 0 aliphatic carbocycles. The number of ether oxygens (including phenoxy) is 2. The Kier molecular flexibility index (Phi) is 14.9. The maximum absolute atomic E-state index is 11.1. The molecule has 2 saturated heterocycles. The van der Waals surface area contributed by atoms with Crippen LogP contribution in [0.5, 0.6) is 0 Å². The molecule has 24 heteroatoms. The number of anilines is 8. The molecule has 0 spiro atoms. The smallest absolute Gasteiger partial charge is 0.748 e. The van der Waals surface area contributed by atoms with E-state index < -0.39 is 31.7 Å². The second-order valence-electron chi connectivity index (χ2n) is 9.97. The molecule has 2 aliphatic rings. The molecule has 0 radical (unpaired) electrons.